The number of rotatable bonds is 7. The van der Waals surface area contributed by atoms with Crippen LogP contribution in [0.25, 0.3) is 0 Å². The molecule has 1 aliphatic rings. The molecule has 1 aliphatic carbocycles. The summed E-state index contributed by atoms with van der Waals surface area (Å²) in [6, 6.07) is 10.8. The normalized spacial score (nSPS) is 14.9. The zero-order valence-electron chi connectivity index (χ0n) is 13.6. The molecule has 0 aliphatic heterocycles. The van der Waals surface area contributed by atoms with Crippen molar-refractivity contribution in [3.8, 4) is 5.75 Å². The van der Waals surface area contributed by atoms with Crippen LogP contribution in [-0.2, 0) is 11.3 Å². The van der Waals surface area contributed by atoms with Gasteiger partial charge in [0.1, 0.15) is 5.75 Å². The van der Waals surface area contributed by atoms with Crippen molar-refractivity contribution in [2.75, 3.05) is 6.54 Å². The van der Waals surface area contributed by atoms with E-state index in [1.807, 2.05) is 18.2 Å². The topological polar surface area (TPSA) is 73.2 Å². The zero-order chi connectivity index (χ0) is 16.9. The Labute approximate surface area is 140 Å². The van der Waals surface area contributed by atoms with Crippen LogP contribution in [0.1, 0.15) is 31.4 Å². The third-order valence-corrected chi connectivity index (χ3v) is 3.97. The van der Waals surface area contributed by atoms with E-state index in [0.717, 1.165) is 18.5 Å². The molecular weight excluding hydrogens is 306 g/mol. The number of hydrogen-bond acceptors (Lipinski definition) is 4. The largest absolute Gasteiger partial charge is 0.481 e. The molecular formula is C18H21N3O3. The molecule has 0 spiro atoms. The van der Waals surface area contributed by atoms with Gasteiger partial charge >= 0.3 is 0 Å². The fourth-order valence-electron chi connectivity index (χ4n) is 2.41. The average Bonchev–Trinajstić information content (AvgIpc) is 3.42. The number of nitrogens with zero attached hydrogens (tertiary/aromatic N) is 2. The van der Waals surface area contributed by atoms with Gasteiger partial charge < -0.3 is 10.1 Å². The van der Waals surface area contributed by atoms with Crippen molar-refractivity contribution in [2.45, 2.75) is 38.3 Å². The van der Waals surface area contributed by atoms with Crippen LogP contribution in [-0.4, -0.2) is 28.1 Å². The summed E-state index contributed by atoms with van der Waals surface area (Å²) >= 11 is 0. The summed E-state index contributed by atoms with van der Waals surface area (Å²) in [6.07, 6.45) is 3.20. The van der Waals surface area contributed by atoms with Crippen LogP contribution >= 0.6 is 0 Å². The SMILES string of the molecule is CC(Oc1ccccc1)C(=O)NCCn1cnc(C2CC2)cc1=O. The van der Waals surface area contributed by atoms with E-state index in [4.69, 9.17) is 4.74 Å². The number of nitrogens with one attached hydrogen (secondary N) is 1. The van der Waals surface area contributed by atoms with Crippen molar-refractivity contribution in [3.05, 3.63) is 58.8 Å². The van der Waals surface area contributed by atoms with Crippen LogP contribution in [0.5, 0.6) is 5.75 Å². The van der Waals surface area contributed by atoms with Gasteiger partial charge in [-0.3, -0.25) is 14.2 Å². The van der Waals surface area contributed by atoms with Gasteiger partial charge in [0, 0.05) is 25.1 Å². The molecule has 1 saturated carbocycles. The molecule has 1 aromatic carbocycles. The third-order valence-electron chi connectivity index (χ3n) is 3.97. The fraction of sp³-hybridized carbons (Fsp3) is 0.389. The molecule has 1 N–H and O–H groups in total. The molecule has 126 valence electrons. The van der Waals surface area contributed by atoms with Crippen LogP contribution in [0.4, 0.5) is 0 Å². The number of hydrogen-bond donors (Lipinski definition) is 1. The zero-order valence-corrected chi connectivity index (χ0v) is 13.6. The monoisotopic (exact) mass is 327 g/mol. The molecule has 0 radical (unpaired) electrons. The molecule has 6 nitrogen and oxygen atoms in total. The standard InChI is InChI=1S/C18H21N3O3/c1-13(24-15-5-3-2-4-6-15)18(23)19-9-10-21-12-20-16(11-17(21)22)14-7-8-14/h2-6,11-14H,7-10H2,1H3,(H,19,23). The van der Waals surface area contributed by atoms with Gasteiger partial charge in [-0.15, -0.1) is 0 Å². The minimum atomic E-state index is -0.598. The minimum absolute atomic E-state index is 0.0743. The Bertz CT molecular complexity index is 754. The summed E-state index contributed by atoms with van der Waals surface area (Å²) in [7, 11) is 0. The molecule has 24 heavy (non-hydrogen) atoms. The number of benzene rings is 1. The van der Waals surface area contributed by atoms with Crippen LogP contribution in [0.2, 0.25) is 0 Å². The van der Waals surface area contributed by atoms with Crippen molar-refractivity contribution >= 4 is 5.91 Å². The Morgan fingerprint density at radius 3 is 2.79 bits per heavy atom. The van der Waals surface area contributed by atoms with Gasteiger partial charge in [0.25, 0.3) is 11.5 Å². The lowest BCUT2D eigenvalue weighted by Gasteiger charge is -2.15. The summed E-state index contributed by atoms with van der Waals surface area (Å²) in [4.78, 5) is 28.4. The maximum absolute atomic E-state index is 12.0. The fourth-order valence-corrected chi connectivity index (χ4v) is 2.41. The number of carbonyl (C=O) groups is 1. The van der Waals surface area contributed by atoms with E-state index >= 15 is 0 Å². The highest BCUT2D eigenvalue weighted by molar-refractivity contribution is 5.80. The predicted molar refractivity (Wildman–Crippen MR) is 90.0 cm³/mol. The van der Waals surface area contributed by atoms with Crippen molar-refractivity contribution in [1.82, 2.24) is 14.9 Å². The van der Waals surface area contributed by atoms with Crippen LogP contribution in [0.3, 0.4) is 0 Å². The first-order valence-corrected chi connectivity index (χ1v) is 8.19. The first kappa shape index (κ1) is 16.2. The maximum atomic E-state index is 12.0. The maximum Gasteiger partial charge on any atom is 0.260 e. The Hall–Kier alpha value is -2.63. The highest BCUT2D eigenvalue weighted by atomic mass is 16.5. The van der Waals surface area contributed by atoms with Crippen LogP contribution < -0.4 is 15.6 Å². The first-order valence-electron chi connectivity index (χ1n) is 8.19. The number of ether oxygens (including phenoxy) is 1. The second-order valence-corrected chi connectivity index (χ2v) is 5.98. The second kappa shape index (κ2) is 7.29. The van der Waals surface area contributed by atoms with E-state index in [1.165, 1.54) is 4.57 Å². The molecule has 1 aromatic heterocycles. The molecule has 1 amide bonds. The molecule has 0 saturated heterocycles. The lowest BCUT2D eigenvalue weighted by atomic mass is 10.3. The summed E-state index contributed by atoms with van der Waals surface area (Å²) < 4.78 is 7.07. The quantitative estimate of drug-likeness (QED) is 0.840. The highest BCUT2D eigenvalue weighted by Crippen LogP contribution is 2.38. The number of carbonyl (C=O) groups excluding carboxylic acids is 1. The van der Waals surface area contributed by atoms with E-state index in [2.05, 4.69) is 10.3 Å². The Balaban J connectivity index is 1.47. The summed E-state index contributed by atoms with van der Waals surface area (Å²) in [5.74, 6) is 0.897. The van der Waals surface area contributed by atoms with E-state index < -0.39 is 6.10 Å². The molecule has 3 rings (SSSR count). The highest BCUT2D eigenvalue weighted by Gasteiger charge is 2.25. The molecule has 1 unspecified atom stereocenters. The summed E-state index contributed by atoms with van der Waals surface area (Å²) in [5, 5.41) is 2.78. The third kappa shape index (κ3) is 4.22. The van der Waals surface area contributed by atoms with Gasteiger partial charge in [-0.05, 0) is 31.9 Å². The molecule has 1 atom stereocenters. The lowest BCUT2D eigenvalue weighted by molar-refractivity contribution is -0.127. The van der Waals surface area contributed by atoms with E-state index in [0.29, 0.717) is 24.8 Å². The number of aromatic nitrogens is 2. The minimum Gasteiger partial charge on any atom is -0.481 e. The number of para-hydroxylation sites is 1. The van der Waals surface area contributed by atoms with Crippen molar-refractivity contribution < 1.29 is 9.53 Å². The van der Waals surface area contributed by atoms with Crippen molar-refractivity contribution in [2.24, 2.45) is 0 Å². The molecule has 6 heteroatoms. The Morgan fingerprint density at radius 2 is 2.12 bits per heavy atom. The van der Waals surface area contributed by atoms with Gasteiger partial charge in [-0.2, -0.15) is 0 Å². The number of amides is 1. The molecule has 1 heterocycles. The van der Waals surface area contributed by atoms with Gasteiger partial charge in [0.05, 0.1) is 12.0 Å². The Morgan fingerprint density at radius 1 is 1.38 bits per heavy atom. The molecule has 1 fully saturated rings. The molecule has 2 aromatic rings. The Kier molecular flexibility index (Phi) is 4.93. The average molecular weight is 327 g/mol. The van der Waals surface area contributed by atoms with Crippen LogP contribution in [0, 0.1) is 0 Å². The lowest BCUT2D eigenvalue weighted by Crippen LogP contribution is -2.38. The van der Waals surface area contributed by atoms with E-state index in [1.54, 1.807) is 31.5 Å². The van der Waals surface area contributed by atoms with Gasteiger partial charge in [0.15, 0.2) is 6.10 Å². The van der Waals surface area contributed by atoms with E-state index in [-0.39, 0.29) is 11.5 Å². The predicted octanol–water partition coefficient (Wildman–Crippen LogP) is 1.70. The van der Waals surface area contributed by atoms with Crippen molar-refractivity contribution in [1.29, 1.82) is 0 Å². The van der Waals surface area contributed by atoms with Gasteiger partial charge in [0.2, 0.25) is 0 Å². The van der Waals surface area contributed by atoms with Crippen molar-refractivity contribution in [3.63, 3.8) is 0 Å². The van der Waals surface area contributed by atoms with Crippen LogP contribution in [0.15, 0.2) is 47.5 Å². The summed E-state index contributed by atoms with van der Waals surface area (Å²) in [6.45, 7) is 2.44. The molecule has 0 bridgehead atoms. The smallest absolute Gasteiger partial charge is 0.260 e. The van der Waals surface area contributed by atoms with Gasteiger partial charge in [-0.25, -0.2) is 4.98 Å². The summed E-state index contributed by atoms with van der Waals surface area (Å²) in [5.41, 5.74) is 0.805. The first-order chi connectivity index (χ1) is 11.6. The van der Waals surface area contributed by atoms with Gasteiger partial charge in [-0.1, -0.05) is 18.2 Å². The second-order valence-electron chi connectivity index (χ2n) is 5.98. The van der Waals surface area contributed by atoms with E-state index in [9.17, 15) is 9.59 Å².